The number of hydrogen-bond donors (Lipinski definition) is 1. The summed E-state index contributed by atoms with van der Waals surface area (Å²) in [6, 6.07) is 0. The van der Waals surface area contributed by atoms with Crippen LogP contribution in [0.3, 0.4) is 0 Å². The Hall–Kier alpha value is -1.82. The maximum atomic E-state index is 12.9. The third-order valence-electron chi connectivity index (χ3n) is 3.03. The highest BCUT2D eigenvalue weighted by Crippen LogP contribution is 2.41. The topological polar surface area (TPSA) is 70.7 Å². The Morgan fingerprint density at radius 1 is 1.35 bits per heavy atom. The minimum Gasteiger partial charge on any atom is -0.362 e. The summed E-state index contributed by atoms with van der Waals surface area (Å²) in [6.07, 6.45) is -10.7. The van der Waals surface area contributed by atoms with Gasteiger partial charge in [-0.2, -0.15) is 41.6 Å². The summed E-state index contributed by atoms with van der Waals surface area (Å²) in [5, 5.41) is 14.2. The van der Waals surface area contributed by atoms with Crippen molar-refractivity contribution in [3.63, 3.8) is 0 Å². The van der Waals surface area contributed by atoms with Gasteiger partial charge in [-0.15, -0.1) is 0 Å². The van der Waals surface area contributed by atoms with E-state index in [0.29, 0.717) is 10.9 Å². The molecule has 13 heteroatoms. The minimum atomic E-state index is -5.28. The molecule has 0 spiro atoms. The summed E-state index contributed by atoms with van der Waals surface area (Å²) in [5.74, 6) is -1.67. The van der Waals surface area contributed by atoms with Crippen molar-refractivity contribution in [3.05, 3.63) is 16.4 Å². The lowest BCUT2D eigenvalue weighted by Gasteiger charge is -2.32. The SMILES string of the molecule is Cn1nc(C(F)(F)F)c(Cl)c1C(=O)N1N=CC[C@@]1(O)C(F)(F)F. The first kappa shape index (κ1) is 17.5. The van der Waals surface area contributed by atoms with Gasteiger partial charge in [-0.1, -0.05) is 11.6 Å². The van der Waals surface area contributed by atoms with E-state index < -0.39 is 46.8 Å². The molecule has 6 nitrogen and oxygen atoms in total. The molecule has 2 heterocycles. The highest BCUT2D eigenvalue weighted by Gasteiger charge is 2.62. The molecule has 0 bridgehead atoms. The summed E-state index contributed by atoms with van der Waals surface area (Å²) in [5.41, 5.74) is -6.29. The minimum absolute atomic E-state index is 0.365. The predicted octanol–water partition coefficient (Wildman–Crippen LogP) is 2.17. The van der Waals surface area contributed by atoms with E-state index in [4.69, 9.17) is 11.6 Å². The second-order valence-corrected chi connectivity index (χ2v) is 4.94. The Balaban J connectivity index is 2.50. The van der Waals surface area contributed by atoms with Crippen LogP contribution in [-0.2, 0) is 13.2 Å². The van der Waals surface area contributed by atoms with Gasteiger partial charge in [0.15, 0.2) is 5.69 Å². The number of amides is 1. The maximum absolute atomic E-state index is 12.9. The molecule has 0 saturated heterocycles. The van der Waals surface area contributed by atoms with E-state index in [1.165, 1.54) is 0 Å². The number of aryl methyl sites for hydroxylation is 1. The van der Waals surface area contributed by atoms with Crippen LogP contribution in [0.25, 0.3) is 0 Å². The lowest BCUT2D eigenvalue weighted by atomic mass is 10.1. The van der Waals surface area contributed by atoms with Gasteiger partial charge in [-0.05, 0) is 0 Å². The van der Waals surface area contributed by atoms with E-state index in [1.807, 2.05) is 0 Å². The Morgan fingerprint density at radius 3 is 2.35 bits per heavy atom. The normalized spacial score (nSPS) is 22.0. The van der Waals surface area contributed by atoms with Gasteiger partial charge in [0.25, 0.3) is 11.6 Å². The molecule has 1 aliphatic rings. The molecular weight excluding hydrogens is 358 g/mol. The van der Waals surface area contributed by atoms with Crippen molar-refractivity contribution in [2.24, 2.45) is 12.1 Å². The molecule has 0 aromatic carbocycles. The molecule has 0 radical (unpaired) electrons. The van der Waals surface area contributed by atoms with Crippen LogP contribution in [0.5, 0.6) is 0 Å². The van der Waals surface area contributed by atoms with Gasteiger partial charge in [0.05, 0.1) is 0 Å². The number of halogens is 7. The zero-order valence-electron chi connectivity index (χ0n) is 11.1. The van der Waals surface area contributed by atoms with Crippen LogP contribution in [0.15, 0.2) is 5.10 Å². The average Bonchev–Trinajstić information content (AvgIpc) is 2.89. The first-order valence-corrected chi connectivity index (χ1v) is 6.14. The van der Waals surface area contributed by atoms with Gasteiger partial charge in [0.2, 0.25) is 0 Å². The summed E-state index contributed by atoms with van der Waals surface area (Å²) in [4.78, 5) is 12.1. The van der Waals surface area contributed by atoms with Crippen LogP contribution in [0, 0.1) is 0 Å². The smallest absolute Gasteiger partial charge is 0.362 e. The third-order valence-corrected chi connectivity index (χ3v) is 3.39. The number of rotatable bonds is 1. The highest BCUT2D eigenvalue weighted by atomic mass is 35.5. The number of aromatic nitrogens is 2. The Bertz CT molecular complexity index is 682. The first-order chi connectivity index (χ1) is 10.3. The molecule has 1 amide bonds. The monoisotopic (exact) mass is 364 g/mol. The van der Waals surface area contributed by atoms with Crippen LogP contribution in [0.2, 0.25) is 5.02 Å². The van der Waals surface area contributed by atoms with E-state index in [9.17, 15) is 36.2 Å². The third kappa shape index (κ3) is 2.65. The number of aliphatic hydroxyl groups is 1. The van der Waals surface area contributed by atoms with Crippen molar-refractivity contribution in [2.45, 2.75) is 24.5 Å². The second-order valence-electron chi connectivity index (χ2n) is 4.57. The number of hydrogen-bond acceptors (Lipinski definition) is 4. The first-order valence-electron chi connectivity index (χ1n) is 5.76. The van der Waals surface area contributed by atoms with Crippen molar-refractivity contribution >= 4 is 23.7 Å². The van der Waals surface area contributed by atoms with Gasteiger partial charge in [-0.3, -0.25) is 9.48 Å². The summed E-state index contributed by atoms with van der Waals surface area (Å²) >= 11 is 5.43. The van der Waals surface area contributed by atoms with Crippen molar-refractivity contribution < 1.29 is 36.2 Å². The molecular formula is C10H7ClF6N4O2. The molecule has 128 valence electrons. The lowest BCUT2D eigenvalue weighted by Crippen LogP contribution is -2.56. The molecule has 0 aliphatic carbocycles. The predicted molar refractivity (Wildman–Crippen MR) is 63.5 cm³/mol. The van der Waals surface area contributed by atoms with E-state index >= 15 is 0 Å². The fourth-order valence-electron chi connectivity index (χ4n) is 1.90. The van der Waals surface area contributed by atoms with E-state index in [1.54, 1.807) is 0 Å². The van der Waals surface area contributed by atoms with Crippen LogP contribution in [-0.4, -0.2) is 43.9 Å². The molecule has 1 aromatic heterocycles. The molecule has 23 heavy (non-hydrogen) atoms. The van der Waals surface area contributed by atoms with Gasteiger partial charge < -0.3 is 5.11 Å². The van der Waals surface area contributed by atoms with Crippen molar-refractivity contribution in [1.82, 2.24) is 14.8 Å². The standard InChI is InChI=1S/C10H7ClF6N4O2/c1-20-5(4(11)6(19-20)9(12,13)14)7(22)21-8(23,2-3-18-21)10(15,16)17/h3,23H,2H2,1H3/t8-/m1/s1. The largest absolute Gasteiger partial charge is 0.438 e. The van der Waals surface area contributed by atoms with Crippen LogP contribution in [0.4, 0.5) is 26.3 Å². The molecule has 1 aliphatic heterocycles. The second kappa shape index (κ2) is 5.09. The fraction of sp³-hybridized carbons (Fsp3) is 0.500. The fourth-order valence-corrected chi connectivity index (χ4v) is 2.25. The molecule has 2 rings (SSSR count). The molecule has 1 atom stereocenters. The molecule has 0 fully saturated rings. The van der Waals surface area contributed by atoms with Crippen molar-refractivity contribution in [1.29, 1.82) is 0 Å². The number of carbonyl (C=O) groups excluding carboxylic acids is 1. The Morgan fingerprint density at radius 2 is 1.91 bits per heavy atom. The van der Waals surface area contributed by atoms with E-state index in [0.717, 1.165) is 7.05 Å². The summed E-state index contributed by atoms with van der Waals surface area (Å²) in [7, 11) is 0.890. The maximum Gasteiger partial charge on any atom is 0.438 e. The molecule has 1 aromatic rings. The number of hydrazone groups is 1. The van der Waals surface area contributed by atoms with Gasteiger partial charge >= 0.3 is 12.4 Å². The van der Waals surface area contributed by atoms with Gasteiger partial charge in [0, 0.05) is 19.7 Å². The number of alkyl halides is 6. The summed E-state index contributed by atoms with van der Waals surface area (Å²) in [6.45, 7) is 0. The molecule has 1 N–H and O–H groups in total. The summed E-state index contributed by atoms with van der Waals surface area (Å²) < 4.78 is 77.1. The zero-order valence-corrected chi connectivity index (χ0v) is 11.8. The zero-order chi connectivity index (χ0) is 17.8. The average molecular weight is 365 g/mol. The lowest BCUT2D eigenvalue weighted by molar-refractivity contribution is -0.297. The number of carbonyl (C=O) groups is 1. The molecule has 0 saturated carbocycles. The van der Waals surface area contributed by atoms with Crippen LogP contribution >= 0.6 is 11.6 Å². The van der Waals surface area contributed by atoms with Crippen LogP contribution < -0.4 is 0 Å². The highest BCUT2D eigenvalue weighted by molar-refractivity contribution is 6.34. The van der Waals surface area contributed by atoms with Crippen LogP contribution in [0.1, 0.15) is 22.6 Å². The Labute approximate surface area is 128 Å². The van der Waals surface area contributed by atoms with E-state index in [2.05, 4.69) is 10.2 Å². The quantitative estimate of drug-likeness (QED) is 0.776. The van der Waals surface area contributed by atoms with Gasteiger partial charge in [-0.25, -0.2) is 0 Å². The van der Waals surface area contributed by atoms with Crippen molar-refractivity contribution in [3.8, 4) is 0 Å². The van der Waals surface area contributed by atoms with Crippen molar-refractivity contribution in [2.75, 3.05) is 0 Å². The number of nitrogens with zero attached hydrogens (tertiary/aromatic N) is 4. The molecule has 0 unspecified atom stereocenters. The van der Waals surface area contributed by atoms with E-state index in [-0.39, 0.29) is 5.01 Å². The van der Waals surface area contributed by atoms with Gasteiger partial charge in [0.1, 0.15) is 10.7 Å². The Kier molecular flexibility index (Phi) is 3.88.